The van der Waals surface area contributed by atoms with Crippen molar-refractivity contribution in [3.8, 4) is 0 Å². The van der Waals surface area contributed by atoms with Gasteiger partial charge in [0.2, 0.25) is 0 Å². The first kappa shape index (κ1) is 23.0. The van der Waals surface area contributed by atoms with Gasteiger partial charge in [-0.2, -0.15) is 13.2 Å². The maximum absolute atomic E-state index is 13.4. The van der Waals surface area contributed by atoms with Crippen LogP contribution in [-0.4, -0.2) is 28.0 Å². The summed E-state index contributed by atoms with van der Waals surface area (Å²) in [6.45, 7) is 2.03. The van der Waals surface area contributed by atoms with Gasteiger partial charge in [0, 0.05) is 33.1 Å². The van der Waals surface area contributed by atoms with E-state index in [0.29, 0.717) is 21.8 Å². The second-order valence-corrected chi connectivity index (χ2v) is 10.4. The van der Waals surface area contributed by atoms with Crippen LogP contribution in [0.2, 0.25) is 5.02 Å². The second-order valence-electron chi connectivity index (χ2n) is 8.70. The summed E-state index contributed by atoms with van der Waals surface area (Å²) in [4.78, 5) is 20.8. The highest BCUT2D eigenvalue weighted by Gasteiger charge is 2.34. The molecule has 0 atom stereocenters. The van der Waals surface area contributed by atoms with Gasteiger partial charge >= 0.3 is 6.18 Å². The highest BCUT2D eigenvalue weighted by Crippen LogP contribution is 2.35. The zero-order valence-corrected chi connectivity index (χ0v) is 19.8. The molecule has 34 heavy (non-hydrogen) atoms. The van der Waals surface area contributed by atoms with E-state index in [9.17, 15) is 18.0 Å². The molecule has 0 bridgehead atoms. The van der Waals surface area contributed by atoms with E-state index in [0.717, 1.165) is 42.0 Å². The minimum Gasteiger partial charge on any atom is -0.382 e. The Balaban J connectivity index is 1.25. The number of anilines is 1. The Morgan fingerprint density at radius 2 is 1.85 bits per heavy atom. The van der Waals surface area contributed by atoms with Gasteiger partial charge in [0.25, 0.3) is 5.91 Å². The average Bonchev–Trinajstić information content (AvgIpc) is 3.32. The molecule has 1 fully saturated rings. The number of nitrogens with zero attached hydrogens (tertiary/aromatic N) is 1. The molecule has 0 aliphatic heterocycles. The smallest absolute Gasteiger partial charge is 0.382 e. The van der Waals surface area contributed by atoms with Crippen molar-refractivity contribution in [1.82, 2.24) is 15.3 Å². The fourth-order valence-corrected chi connectivity index (χ4v) is 5.59. The molecule has 0 radical (unpaired) electrons. The first-order valence-electron chi connectivity index (χ1n) is 11.0. The number of aromatic amines is 1. The molecule has 0 saturated heterocycles. The Labute approximate surface area is 202 Å². The molecule has 5 rings (SSSR count). The van der Waals surface area contributed by atoms with Gasteiger partial charge in [0.15, 0.2) is 0 Å². The van der Waals surface area contributed by atoms with Gasteiger partial charge in [-0.1, -0.05) is 11.6 Å². The average molecular weight is 507 g/mol. The number of hydrogen-bond donors (Lipinski definition) is 3. The summed E-state index contributed by atoms with van der Waals surface area (Å²) in [5.74, 6) is -0.137. The molecule has 3 aromatic heterocycles. The maximum atomic E-state index is 13.4. The quantitative estimate of drug-likeness (QED) is 0.281. The third kappa shape index (κ3) is 4.72. The molecule has 1 amide bonds. The van der Waals surface area contributed by atoms with E-state index in [-0.39, 0.29) is 23.5 Å². The number of alkyl halides is 3. The van der Waals surface area contributed by atoms with E-state index in [2.05, 4.69) is 20.6 Å². The fraction of sp³-hybridized carbons (Fsp3) is 0.333. The monoisotopic (exact) mass is 506 g/mol. The Bertz CT molecular complexity index is 1340. The van der Waals surface area contributed by atoms with E-state index >= 15 is 0 Å². The van der Waals surface area contributed by atoms with Crippen molar-refractivity contribution in [1.29, 1.82) is 0 Å². The number of hydrogen-bond acceptors (Lipinski definition) is 4. The molecule has 4 aromatic rings. The van der Waals surface area contributed by atoms with E-state index in [4.69, 9.17) is 11.6 Å². The number of thiophene rings is 1. The van der Waals surface area contributed by atoms with Crippen molar-refractivity contribution in [2.75, 3.05) is 5.32 Å². The number of H-pyrrole nitrogens is 1. The van der Waals surface area contributed by atoms with Gasteiger partial charge in [0.05, 0.1) is 15.7 Å². The number of benzene rings is 1. The van der Waals surface area contributed by atoms with Crippen LogP contribution >= 0.6 is 22.9 Å². The Morgan fingerprint density at radius 1 is 1.12 bits per heavy atom. The lowest BCUT2D eigenvalue weighted by Crippen LogP contribution is -2.40. The fourth-order valence-electron chi connectivity index (χ4n) is 4.50. The van der Waals surface area contributed by atoms with Crippen LogP contribution in [0, 0.1) is 6.92 Å². The van der Waals surface area contributed by atoms with Crippen LogP contribution in [0.15, 0.2) is 36.4 Å². The van der Waals surface area contributed by atoms with Crippen molar-refractivity contribution in [3.63, 3.8) is 0 Å². The summed E-state index contributed by atoms with van der Waals surface area (Å²) < 4.78 is 41.2. The number of aryl methyl sites for hydroxylation is 1. The van der Waals surface area contributed by atoms with Crippen LogP contribution in [0.3, 0.4) is 0 Å². The lowest BCUT2D eigenvalue weighted by atomic mass is 9.90. The van der Waals surface area contributed by atoms with Crippen molar-refractivity contribution >= 4 is 55.7 Å². The first-order valence-corrected chi connectivity index (χ1v) is 12.2. The van der Waals surface area contributed by atoms with E-state index in [1.165, 1.54) is 17.0 Å². The predicted molar refractivity (Wildman–Crippen MR) is 130 cm³/mol. The lowest BCUT2D eigenvalue weighted by molar-refractivity contribution is -0.140. The van der Waals surface area contributed by atoms with Gasteiger partial charge in [-0.3, -0.25) is 4.79 Å². The molecule has 1 saturated carbocycles. The number of pyridine rings is 1. The van der Waals surface area contributed by atoms with Gasteiger partial charge in [-0.25, -0.2) is 4.98 Å². The molecular formula is C24H22ClF3N4OS. The number of aromatic nitrogens is 2. The van der Waals surface area contributed by atoms with E-state index in [1.807, 2.05) is 19.1 Å². The van der Waals surface area contributed by atoms with Crippen LogP contribution in [0.5, 0.6) is 0 Å². The second kappa shape index (κ2) is 8.78. The number of carbonyl (C=O) groups is 1. The molecule has 3 N–H and O–H groups in total. The minimum absolute atomic E-state index is 0.0161. The summed E-state index contributed by atoms with van der Waals surface area (Å²) >= 11 is 7.73. The molecule has 3 heterocycles. The van der Waals surface area contributed by atoms with Gasteiger partial charge in [-0.05, 0) is 69.0 Å². The molecule has 10 heteroatoms. The maximum Gasteiger partial charge on any atom is 0.433 e. The molecule has 1 aliphatic carbocycles. The Hall–Kier alpha value is -2.78. The number of nitrogens with one attached hydrogen (secondary N) is 3. The molecule has 1 aliphatic rings. The topological polar surface area (TPSA) is 69.8 Å². The molecule has 1 aromatic carbocycles. The third-order valence-corrected chi connectivity index (χ3v) is 7.39. The summed E-state index contributed by atoms with van der Waals surface area (Å²) in [6.07, 6.45) is -1.65. The van der Waals surface area contributed by atoms with Crippen molar-refractivity contribution in [2.24, 2.45) is 0 Å². The number of rotatable bonds is 4. The lowest BCUT2D eigenvalue weighted by Gasteiger charge is -2.30. The van der Waals surface area contributed by atoms with Crippen LogP contribution in [-0.2, 0) is 6.18 Å². The van der Waals surface area contributed by atoms with Crippen LogP contribution < -0.4 is 10.6 Å². The predicted octanol–water partition coefficient (Wildman–Crippen LogP) is 6.91. The largest absolute Gasteiger partial charge is 0.433 e. The minimum atomic E-state index is -4.54. The van der Waals surface area contributed by atoms with Gasteiger partial charge in [0.1, 0.15) is 11.4 Å². The number of fused-ring (bicyclic) bond motifs is 2. The van der Waals surface area contributed by atoms with Crippen molar-refractivity contribution < 1.29 is 18.0 Å². The van der Waals surface area contributed by atoms with Crippen molar-refractivity contribution in [3.05, 3.63) is 57.7 Å². The molecule has 178 valence electrons. The zero-order chi connectivity index (χ0) is 24.0. The Kier molecular flexibility index (Phi) is 5.93. The highest BCUT2D eigenvalue weighted by molar-refractivity contribution is 7.19. The first-order chi connectivity index (χ1) is 16.2. The summed E-state index contributed by atoms with van der Waals surface area (Å²) in [6, 6.07) is 9.59. The van der Waals surface area contributed by atoms with Crippen LogP contribution in [0.1, 0.15) is 46.7 Å². The normalized spacial score (nSPS) is 19.0. The van der Waals surface area contributed by atoms with Crippen LogP contribution in [0.4, 0.5) is 18.9 Å². The molecule has 5 nitrogen and oxygen atoms in total. The third-order valence-electron chi connectivity index (χ3n) is 6.16. The molecule has 0 spiro atoms. The van der Waals surface area contributed by atoms with Crippen molar-refractivity contribution in [2.45, 2.75) is 50.9 Å². The SMILES string of the molecule is Cc1cc2[nH]c(C(=O)NC3CCC(Nc4cc(C(F)(F)F)nc5ccc(Cl)cc45)CC3)cc2s1. The summed E-state index contributed by atoms with van der Waals surface area (Å²) in [7, 11) is 0. The van der Waals surface area contributed by atoms with E-state index < -0.39 is 11.9 Å². The van der Waals surface area contributed by atoms with Gasteiger partial charge in [-0.15, -0.1) is 11.3 Å². The zero-order valence-electron chi connectivity index (χ0n) is 18.2. The summed E-state index contributed by atoms with van der Waals surface area (Å²) in [5.41, 5.74) is 1.18. The molecule has 0 unspecified atom stereocenters. The number of amides is 1. The van der Waals surface area contributed by atoms with Gasteiger partial charge < -0.3 is 15.6 Å². The highest BCUT2D eigenvalue weighted by atomic mass is 35.5. The Morgan fingerprint density at radius 3 is 2.56 bits per heavy atom. The standard InChI is InChI=1S/C24H22ClF3N4OS/c1-12-8-19-21(34-12)10-20(31-19)23(33)30-15-5-3-14(4-6-15)29-18-11-22(24(26,27)28)32-17-7-2-13(25)9-16(17)18/h2,7-11,14-15,31H,3-6H2,1H3,(H,29,32)(H,30,33). The van der Waals surface area contributed by atoms with E-state index in [1.54, 1.807) is 17.4 Å². The summed E-state index contributed by atoms with van der Waals surface area (Å²) in [5, 5.41) is 7.34. The molecular weight excluding hydrogens is 485 g/mol. The number of halogens is 4. The van der Waals surface area contributed by atoms with Crippen LogP contribution in [0.25, 0.3) is 21.1 Å². The number of carbonyl (C=O) groups excluding carboxylic acids is 1.